The van der Waals surface area contributed by atoms with E-state index in [1.165, 1.54) is 0 Å². The minimum Gasteiger partial charge on any atom is -0.481 e. The third-order valence-corrected chi connectivity index (χ3v) is 2.86. The van der Waals surface area contributed by atoms with Gasteiger partial charge in [0.25, 0.3) is 0 Å². The van der Waals surface area contributed by atoms with E-state index in [1.807, 2.05) is 0 Å². The van der Waals surface area contributed by atoms with E-state index in [4.69, 9.17) is 9.84 Å². The number of hydrogen-bond donors (Lipinski definition) is 1. The highest BCUT2D eigenvalue weighted by Crippen LogP contribution is 2.18. The van der Waals surface area contributed by atoms with Crippen molar-refractivity contribution in [3.63, 3.8) is 0 Å². The molecule has 1 aromatic carbocycles. The van der Waals surface area contributed by atoms with Crippen LogP contribution in [0.5, 0.6) is 0 Å². The molecule has 0 saturated carbocycles. The van der Waals surface area contributed by atoms with Crippen LogP contribution in [0.2, 0.25) is 0 Å². The van der Waals surface area contributed by atoms with Crippen molar-refractivity contribution in [3.05, 3.63) is 48.3 Å². The molecule has 0 aliphatic carbocycles. The first-order chi connectivity index (χ1) is 11.9. The minimum absolute atomic E-state index is 0.0156. The van der Waals surface area contributed by atoms with E-state index in [2.05, 4.69) is 46.6 Å². The Morgan fingerprint density at radius 2 is 1.69 bits per heavy atom. The predicted molar refractivity (Wildman–Crippen MR) is 101 cm³/mol. The number of ether oxygens (including phenoxy) is 1. The highest BCUT2D eigenvalue weighted by Gasteiger charge is 2.20. The maximum absolute atomic E-state index is 11.6. The summed E-state index contributed by atoms with van der Waals surface area (Å²) >= 11 is 0. The number of carboxylic acids is 1. The summed E-state index contributed by atoms with van der Waals surface area (Å²) in [4.78, 5) is 22.0. The van der Waals surface area contributed by atoms with Crippen molar-refractivity contribution in [1.29, 1.82) is 0 Å². The summed E-state index contributed by atoms with van der Waals surface area (Å²) < 4.78 is 7.23. The normalized spacial score (nSPS) is 11.5. The van der Waals surface area contributed by atoms with Gasteiger partial charge >= 0.3 is 5.97 Å². The van der Waals surface area contributed by atoms with E-state index in [0.29, 0.717) is 5.56 Å². The van der Waals surface area contributed by atoms with Gasteiger partial charge in [0, 0.05) is 18.0 Å². The first-order valence-corrected chi connectivity index (χ1v) is 8.43. The minimum atomic E-state index is -1.13. The van der Waals surface area contributed by atoms with E-state index in [-0.39, 0.29) is 11.2 Å². The van der Waals surface area contributed by atoms with Crippen molar-refractivity contribution in [2.45, 2.75) is 59.2 Å². The summed E-state index contributed by atoms with van der Waals surface area (Å²) in [7, 11) is 0. The molecule has 0 aliphatic rings. The summed E-state index contributed by atoms with van der Waals surface area (Å²) in [5.41, 5.74) is 1.07. The van der Waals surface area contributed by atoms with Gasteiger partial charge in [0.2, 0.25) is 0 Å². The van der Waals surface area contributed by atoms with Crippen molar-refractivity contribution in [1.82, 2.24) is 9.78 Å². The summed E-state index contributed by atoms with van der Waals surface area (Å²) in [5.74, 6) is -1.54. The molecule has 26 heavy (non-hydrogen) atoms. The third-order valence-electron chi connectivity index (χ3n) is 2.86. The Bertz CT molecular complexity index is 711. The van der Waals surface area contributed by atoms with Crippen LogP contribution in [0.15, 0.2) is 42.7 Å². The summed E-state index contributed by atoms with van der Waals surface area (Å²) in [6.45, 7) is 12.4. The quantitative estimate of drug-likeness (QED) is 0.655. The molecule has 0 saturated heterocycles. The van der Waals surface area contributed by atoms with Gasteiger partial charge in [-0.15, -0.1) is 0 Å². The Kier molecular flexibility index (Phi) is 7.27. The molecule has 0 unspecified atom stereocenters. The van der Waals surface area contributed by atoms with Gasteiger partial charge < -0.3 is 9.84 Å². The van der Waals surface area contributed by atoms with Crippen LogP contribution < -0.4 is 0 Å². The van der Waals surface area contributed by atoms with E-state index < -0.39 is 18.2 Å². The van der Waals surface area contributed by atoms with Gasteiger partial charge in [-0.3, -0.25) is 9.59 Å². The lowest BCUT2D eigenvalue weighted by Crippen LogP contribution is -2.31. The molecule has 2 aromatic rings. The van der Waals surface area contributed by atoms with E-state index in [0.717, 1.165) is 5.69 Å². The average Bonchev–Trinajstić information content (AvgIpc) is 2.97. The van der Waals surface area contributed by atoms with Crippen molar-refractivity contribution >= 4 is 11.8 Å². The second-order valence-corrected chi connectivity index (χ2v) is 7.82. The number of rotatable bonds is 4. The summed E-state index contributed by atoms with van der Waals surface area (Å²) in [6.07, 6.45) is 2.88. The lowest BCUT2D eigenvalue weighted by molar-refractivity contribution is -0.135. The maximum atomic E-state index is 11.6. The lowest BCUT2D eigenvalue weighted by atomic mass is 10.1. The van der Waals surface area contributed by atoms with Gasteiger partial charge in [0.15, 0.2) is 5.78 Å². The van der Waals surface area contributed by atoms with Crippen LogP contribution in [0.25, 0.3) is 5.69 Å². The maximum Gasteiger partial charge on any atom is 0.311 e. The molecule has 0 spiro atoms. The van der Waals surface area contributed by atoms with Crippen molar-refractivity contribution in [3.8, 4) is 5.69 Å². The average molecular weight is 360 g/mol. The molecule has 2 rings (SSSR count). The zero-order valence-corrected chi connectivity index (χ0v) is 16.3. The highest BCUT2D eigenvalue weighted by atomic mass is 16.5. The Morgan fingerprint density at radius 1 is 1.08 bits per heavy atom. The number of carbonyl (C=O) groups excluding carboxylic acids is 1. The van der Waals surface area contributed by atoms with Gasteiger partial charge in [-0.25, -0.2) is 4.68 Å². The summed E-state index contributed by atoms with van der Waals surface area (Å²) in [6, 6.07) is 8.49. The molecule has 0 aliphatic heterocycles. The molecule has 0 fully saturated rings. The largest absolute Gasteiger partial charge is 0.481 e. The fourth-order valence-corrected chi connectivity index (χ4v) is 2.40. The number of aromatic nitrogens is 2. The number of aliphatic carboxylic acids is 1. The Hall–Kier alpha value is -2.47. The number of hydrogen-bond acceptors (Lipinski definition) is 4. The fourth-order valence-electron chi connectivity index (χ4n) is 2.40. The zero-order valence-electron chi connectivity index (χ0n) is 16.3. The molecule has 0 radical (unpaired) electrons. The van der Waals surface area contributed by atoms with Crippen LogP contribution in [0.1, 0.15) is 58.3 Å². The molecule has 6 nitrogen and oxygen atoms in total. The highest BCUT2D eigenvalue weighted by molar-refractivity contribution is 6.05. The van der Waals surface area contributed by atoms with Crippen LogP contribution in [-0.2, 0) is 9.53 Å². The third kappa shape index (κ3) is 8.58. The number of carboxylic acid groups (broad SMARTS) is 1. The monoisotopic (exact) mass is 360 g/mol. The molecule has 142 valence electrons. The second kappa shape index (κ2) is 8.76. The zero-order chi connectivity index (χ0) is 20.0. The first-order valence-electron chi connectivity index (χ1n) is 8.43. The van der Waals surface area contributed by atoms with Gasteiger partial charge in [-0.05, 0) is 59.7 Å². The molecule has 1 aromatic heterocycles. The molecule has 0 amide bonds. The van der Waals surface area contributed by atoms with Crippen LogP contribution >= 0.6 is 0 Å². The van der Waals surface area contributed by atoms with E-state index in [1.54, 1.807) is 47.4 Å². The Labute approximate surface area is 154 Å². The van der Waals surface area contributed by atoms with Gasteiger partial charge in [0.05, 0.1) is 16.9 Å². The van der Waals surface area contributed by atoms with E-state index >= 15 is 0 Å². The van der Waals surface area contributed by atoms with Crippen molar-refractivity contribution in [2.24, 2.45) is 0 Å². The molecular formula is C20H28N2O4. The topological polar surface area (TPSA) is 81.4 Å². The molecule has 0 atom stereocenters. The number of ketones is 1. The summed E-state index contributed by atoms with van der Waals surface area (Å²) in [5, 5.41) is 12.6. The second-order valence-electron chi connectivity index (χ2n) is 7.82. The van der Waals surface area contributed by atoms with Crippen molar-refractivity contribution < 1.29 is 19.4 Å². The first kappa shape index (κ1) is 21.6. The lowest BCUT2D eigenvalue weighted by Gasteiger charge is -2.30. The van der Waals surface area contributed by atoms with Crippen LogP contribution in [0.4, 0.5) is 0 Å². The van der Waals surface area contributed by atoms with Gasteiger partial charge in [0.1, 0.15) is 6.42 Å². The number of carbonyl (C=O) groups is 2. The van der Waals surface area contributed by atoms with Crippen molar-refractivity contribution in [2.75, 3.05) is 0 Å². The number of benzene rings is 1. The molecular weight excluding hydrogens is 332 g/mol. The molecule has 1 heterocycles. The SMILES string of the molecule is CC(C)(C)OC(C)(C)C.O=C(O)CC(=O)c1cccc(-n2cccn2)c1. The predicted octanol–water partition coefficient (Wildman–Crippen LogP) is 4.13. The van der Waals surface area contributed by atoms with Gasteiger partial charge in [-0.2, -0.15) is 5.10 Å². The number of Topliss-reactive ketones (excluding diaryl/α,β-unsaturated/α-hetero) is 1. The Morgan fingerprint density at radius 3 is 2.12 bits per heavy atom. The van der Waals surface area contributed by atoms with Gasteiger partial charge in [-0.1, -0.05) is 12.1 Å². The molecule has 6 heteroatoms. The van der Waals surface area contributed by atoms with Crippen LogP contribution in [0.3, 0.4) is 0 Å². The molecule has 0 bridgehead atoms. The standard InChI is InChI=1S/C12H10N2O3.C8H18O/c15-11(8-12(16)17)9-3-1-4-10(7-9)14-6-2-5-13-14;1-7(2,3)9-8(4,5)6/h1-7H,8H2,(H,16,17);1-6H3. The smallest absolute Gasteiger partial charge is 0.311 e. The van der Waals surface area contributed by atoms with Crippen LogP contribution in [-0.4, -0.2) is 37.8 Å². The van der Waals surface area contributed by atoms with E-state index in [9.17, 15) is 9.59 Å². The fraction of sp³-hybridized carbons (Fsp3) is 0.450. The molecule has 1 N–H and O–H groups in total. The van der Waals surface area contributed by atoms with Crippen LogP contribution in [0, 0.1) is 0 Å². The Balaban J connectivity index is 0.000000321. The number of nitrogens with zero attached hydrogens (tertiary/aromatic N) is 2.